The van der Waals surface area contributed by atoms with Gasteiger partial charge in [0.1, 0.15) is 0 Å². The molecule has 0 aliphatic carbocycles. The first-order valence-electron chi connectivity index (χ1n) is 6.86. The second-order valence-electron chi connectivity index (χ2n) is 4.87. The predicted molar refractivity (Wildman–Crippen MR) is 73.6 cm³/mol. The van der Waals surface area contributed by atoms with Crippen LogP contribution in [0.2, 0.25) is 0 Å². The summed E-state index contributed by atoms with van der Waals surface area (Å²) in [6.45, 7) is 14.1. The zero-order valence-electron chi connectivity index (χ0n) is 12.0. The molecule has 0 aliphatic rings. The summed E-state index contributed by atoms with van der Waals surface area (Å²) >= 11 is 0. The van der Waals surface area contributed by atoms with E-state index in [0.717, 1.165) is 19.6 Å². The smallest absolute Gasteiger partial charge is 0.0631 e. The number of unbranched alkanes of at least 4 members (excludes halogenated alkanes) is 1. The minimum atomic E-state index is 0.547. The maximum atomic E-state index is 4.67. The fourth-order valence-electron chi connectivity index (χ4n) is 2.41. The van der Waals surface area contributed by atoms with Crippen molar-refractivity contribution in [1.29, 1.82) is 0 Å². The maximum Gasteiger partial charge on any atom is 0.0631 e. The molecule has 0 amide bonds. The number of nitrogens with zero attached hydrogens (tertiary/aromatic N) is 2. The first-order valence-corrected chi connectivity index (χ1v) is 6.86. The molecule has 3 nitrogen and oxygen atoms in total. The van der Waals surface area contributed by atoms with Crippen molar-refractivity contribution in [2.24, 2.45) is 0 Å². The fraction of sp³-hybridized carbons (Fsp3) is 0.786. The Balaban J connectivity index is 2.80. The van der Waals surface area contributed by atoms with Crippen molar-refractivity contribution in [2.45, 2.75) is 59.9 Å². The van der Waals surface area contributed by atoms with Crippen LogP contribution in [0.3, 0.4) is 0 Å². The Labute approximate surface area is 106 Å². The molecule has 0 saturated carbocycles. The first-order chi connectivity index (χ1) is 8.11. The van der Waals surface area contributed by atoms with Crippen molar-refractivity contribution in [1.82, 2.24) is 15.1 Å². The van der Waals surface area contributed by atoms with Gasteiger partial charge < -0.3 is 5.32 Å². The number of aromatic nitrogens is 2. The summed E-state index contributed by atoms with van der Waals surface area (Å²) in [6.07, 6.45) is 2.43. The lowest BCUT2D eigenvalue weighted by Crippen LogP contribution is -2.20. The van der Waals surface area contributed by atoms with Crippen molar-refractivity contribution >= 4 is 0 Å². The monoisotopic (exact) mass is 237 g/mol. The van der Waals surface area contributed by atoms with E-state index in [2.05, 4.69) is 49.7 Å². The first kappa shape index (κ1) is 14.2. The van der Waals surface area contributed by atoms with Gasteiger partial charge in [0, 0.05) is 18.8 Å². The minimum Gasteiger partial charge on any atom is -0.316 e. The maximum absolute atomic E-state index is 4.67. The lowest BCUT2D eigenvalue weighted by atomic mass is 9.99. The van der Waals surface area contributed by atoms with Crippen LogP contribution in [0, 0.1) is 13.8 Å². The third-order valence-corrected chi connectivity index (χ3v) is 3.35. The van der Waals surface area contributed by atoms with Crippen molar-refractivity contribution in [2.75, 3.05) is 13.1 Å². The lowest BCUT2D eigenvalue weighted by molar-refractivity contribution is 0.553. The van der Waals surface area contributed by atoms with Crippen molar-refractivity contribution in [3.8, 4) is 0 Å². The van der Waals surface area contributed by atoms with E-state index in [-0.39, 0.29) is 0 Å². The van der Waals surface area contributed by atoms with Gasteiger partial charge in [-0.25, -0.2) is 0 Å². The Bertz CT molecular complexity index is 341. The average molecular weight is 237 g/mol. The highest BCUT2D eigenvalue weighted by atomic mass is 15.3. The number of aryl methyl sites for hydroxylation is 2. The highest BCUT2D eigenvalue weighted by Crippen LogP contribution is 2.23. The van der Waals surface area contributed by atoms with Crippen LogP contribution in [0.4, 0.5) is 0 Å². The quantitative estimate of drug-likeness (QED) is 0.790. The third kappa shape index (κ3) is 3.56. The number of hydrogen-bond acceptors (Lipinski definition) is 2. The molecule has 0 spiro atoms. The molecule has 1 aromatic rings. The summed E-state index contributed by atoms with van der Waals surface area (Å²) < 4.78 is 2.18. The molecule has 3 heteroatoms. The van der Waals surface area contributed by atoms with Crippen LogP contribution in [-0.4, -0.2) is 22.9 Å². The van der Waals surface area contributed by atoms with Crippen LogP contribution in [0.15, 0.2) is 0 Å². The summed E-state index contributed by atoms with van der Waals surface area (Å²) in [6, 6.07) is 0. The average Bonchev–Trinajstić information content (AvgIpc) is 2.59. The van der Waals surface area contributed by atoms with E-state index in [1.807, 2.05) is 0 Å². The Kier molecular flexibility index (Phi) is 5.69. The SMILES string of the molecule is CCCCn1nc(C)c(C(C)CNCC)c1C. The van der Waals surface area contributed by atoms with E-state index < -0.39 is 0 Å². The Morgan fingerprint density at radius 2 is 2.00 bits per heavy atom. The highest BCUT2D eigenvalue weighted by molar-refractivity contribution is 5.28. The van der Waals surface area contributed by atoms with Gasteiger partial charge in [-0.05, 0) is 38.3 Å². The predicted octanol–water partition coefficient (Wildman–Crippen LogP) is 3.01. The van der Waals surface area contributed by atoms with Gasteiger partial charge >= 0.3 is 0 Å². The molecule has 1 unspecified atom stereocenters. The van der Waals surface area contributed by atoms with E-state index in [1.165, 1.54) is 29.8 Å². The van der Waals surface area contributed by atoms with E-state index in [1.54, 1.807) is 0 Å². The van der Waals surface area contributed by atoms with Crippen LogP contribution in [0.25, 0.3) is 0 Å². The van der Waals surface area contributed by atoms with Crippen molar-refractivity contribution < 1.29 is 0 Å². The Morgan fingerprint density at radius 1 is 1.29 bits per heavy atom. The van der Waals surface area contributed by atoms with Gasteiger partial charge in [-0.2, -0.15) is 5.10 Å². The number of likely N-dealkylation sites (N-methyl/N-ethyl adjacent to an activating group) is 1. The number of nitrogens with one attached hydrogen (secondary N) is 1. The molecule has 1 N–H and O–H groups in total. The summed E-state index contributed by atoms with van der Waals surface area (Å²) in [5.74, 6) is 0.547. The molecular weight excluding hydrogens is 210 g/mol. The molecule has 0 fully saturated rings. The standard InChI is InChI=1S/C14H27N3/c1-6-8-9-17-13(5)14(12(4)16-17)11(3)10-15-7-2/h11,15H,6-10H2,1-5H3. The van der Waals surface area contributed by atoms with E-state index in [9.17, 15) is 0 Å². The van der Waals surface area contributed by atoms with Gasteiger partial charge in [-0.3, -0.25) is 4.68 Å². The molecule has 0 bridgehead atoms. The molecular formula is C14H27N3. The molecule has 0 aromatic carbocycles. The van der Waals surface area contributed by atoms with Crippen LogP contribution in [0.5, 0.6) is 0 Å². The van der Waals surface area contributed by atoms with Gasteiger partial charge in [0.05, 0.1) is 5.69 Å². The molecule has 1 rings (SSSR count). The topological polar surface area (TPSA) is 29.9 Å². The summed E-state index contributed by atoms with van der Waals surface area (Å²) in [5, 5.41) is 8.08. The van der Waals surface area contributed by atoms with Gasteiger partial charge in [-0.15, -0.1) is 0 Å². The zero-order valence-corrected chi connectivity index (χ0v) is 12.0. The fourth-order valence-corrected chi connectivity index (χ4v) is 2.41. The van der Waals surface area contributed by atoms with E-state index in [4.69, 9.17) is 0 Å². The summed E-state index contributed by atoms with van der Waals surface area (Å²) in [5.41, 5.74) is 3.98. The van der Waals surface area contributed by atoms with Gasteiger partial charge in [0.25, 0.3) is 0 Å². The largest absolute Gasteiger partial charge is 0.316 e. The van der Waals surface area contributed by atoms with Gasteiger partial charge in [0.2, 0.25) is 0 Å². The van der Waals surface area contributed by atoms with Gasteiger partial charge in [0.15, 0.2) is 0 Å². The van der Waals surface area contributed by atoms with Gasteiger partial charge in [-0.1, -0.05) is 27.2 Å². The molecule has 0 saturated heterocycles. The minimum absolute atomic E-state index is 0.547. The van der Waals surface area contributed by atoms with Crippen LogP contribution >= 0.6 is 0 Å². The highest BCUT2D eigenvalue weighted by Gasteiger charge is 2.16. The van der Waals surface area contributed by atoms with E-state index in [0.29, 0.717) is 5.92 Å². The Morgan fingerprint density at radius 3 is 2.59 bits per heavy atom. The molecule has 1 aromatic heterocycles. The second kappa shape index (κ2) is 6.80. The van der Waals surface area contributed by atoms with Crippen LogP contribution in [-0.2, 0) is 6.54 Å². The van der Waals surface area contributed by atoms with Crippen molar-refractivity contribution in [3.05, 3.63) is 17.0 Å². The molecule has 0 radical (unpaired) electrons. The molecule has 1 heterocycles. The molecule has 1 atom stereocenters. The lowest BCUT2D eigenvalue weighted by Gasteiger charge is -2.13. The zero-order chi connectivity index (χ0) is 12.8. The van der Waals surface area contributed by atoms with Crippen LogP contribution < -0.4 is 5.32 Å². The Hall–Kier alpha value is -0.830. The number of rotatable bonds is 7. The molecule has 98 valence electrons. The summed E-state index contributed by atoms with van der Waals surface area (Å²) in [4.78, 5) is 0. The normalized spacial score (nSPS) is 13.0. The van der Waals surface area contributed by atoms with Crippen molar-refractivity contribution in [3.63, 3.8) is 0 Å². The third-order valence-electron chi connectivity index (χ3n) is 3.35. The van der Waals surface area contributed by atoms with E-state index >= 15 is 0 Å². The molecule has 0 aliphatic heterocycles. The molecule has 17 heavy (non-hydrogen) atoms. The number of hydrogen-bond donors (Lipinski definition) is 1. The second-order valence-corrected chi connectivity index (χ2v) is 4.87. The van der Waals surface area contributed by atoms with Crippen LogP contribution in [0.1, 0.15) is 56.5 Å². The summed E-state index contributed by atoms with van der Waals surface area (Å²) in [7, 11) is 0.